The molecule has 0 radical (unpaired) electrons. The smallest absolute Gasteiger partial charge is 0.335 e. The number of hydrogen-bond acceptors (Lipinski definition) is 3. The van der Waals surface area contributed by atoms with Crippen molar-refractivity contribution in [3.63, 3.8) is 0 Å². The average molecular weight is 262 g/mol. The number of ether oxygens (including phenoxy) is 1. The summed E-state index contributed by atoms with van der Waals surface area (Å²) in [6, 6.07) is 9.89. The third kappa shape index (κ3) is 2.81. The highest BCUT2D eigenvalue weighted by molar-refractivity contribution is 5.77. The second-order valence-corrected chi connectivity index (χ2v) is 5.24. The van der Waals surface area contributed by atoms with Crippen molar-refractivity contribution >= 4 is 5.97 Å². The van der Waals surface area contributed by atoms with E-state index in [4.69, 9.17) is 4.74 Å². The topological polar surface area (TPSA) is 46.5 Å². The second-order valence-electron chi connectivity index (χ2n) is 5.24. The number of esters is 1. The highest BCUT2D eigenvalue weighted by Gasteiger charge is 2.44. The van der Waals surface area contributed by atoms with Gasteiger partial charge in [0.05, 0.1) is 6.61 Å². The summed E-state index contributed by atoms with van der Waals surface area (Å²) < 4.78 is 5.01. The van der Waals surface area contributed by atoms with Gasteiger partial charge < -0.3 is 9.84 Å². The van der Waals surface area contributed by atoms with Crippen molar-refractivity contribution in [3.05, 3.63) is 35.9 Å². The fourth-order valence-corrected chi connectivity index (χ4v) is 3.12. The number of hydrogen-bond donors (Lipinski definition) is 1. The molecular weight excluding hydrogens is 240 g/mol. The van der Waals surface area contributed by atoms with Gasteiger partial charge in [-0.3, -0.25) is 0 Å². The largest absolute Gasteiger partial charge is 0.464 e. The zero-order valence-electron chi connectivity index (χ0n) is 11.5. The minimum absolute atomic E-state index is 0.306. The van der Waals surface area contributed by atoms with Crippen molar-refractivity contribution in [2.45, 2.75) is 50.5 Å². The van der Waals surface area contributed by atoms with Crippen LogP contribution in [-0.4, -0.2) is 23.8 Å². The number of carbonyl (C=O) groups excluding carboxylic acids is 1. The van der Waals surface area contributed by atoms with Crippen LogP contribution in [0.3, 0.4) is 0 Å². The van der Waals surface area contributed by atoms with Crippen LogP contribution in [0.2, 0.25) is 0 Å². The van der Waals surface area contributed by atoms with Crippen LogP contribution in [0, 0.1) is 0 Å². The van der Waals surface area contributed by atoms with Crippen LogP contribution in [-0.2, 0) is 14.9 Å². The summed E-state index contributed by atoms with van der Waals surface area (Å²) in [6.07, 6.45) is 3.89. The lowest BCUT2D eigenvalue weighted by Gasteiger charge is -2.40. The Kier molecular flexibility index (Phi) is 4.59. The first-order valence-corrected chi connectivity index (χ1v) is 7.11. The Morgan fingerprint density at radius 3 is 2.47 bits per heavy atom. The summed E-state index contributed by atoms with van der Waals surface area (Å²) in [6.45, 7) is 2.07. The predicted octanol–water partition coefficient (Wildman–Crippen LogP) is 2.81. The molecule has 0 aliphatic heterocycles. The van der Waals surface area contributed by atoms with Crippen molar-refractivity contribution < 1.29 is 14.6 Å². The molecule has 1 aliphatic rings. The van der Waals surface area contributed by atoms with E-state index >= 15 is 0 Å². The third-order valence-corrected chi connectivity index (χ3v) is 4.13. The first-order chi connectivity index (χ1) is 9.20. The Morgan fingerprint density at radius 1 is 1.26 bits per heavy atom. The van der Waals surface area contributed by atoms with Crippen LogP contribution in [0.1, 0.15) is 44.6 Å². The fourth-order valence-electron chi connectivity index (χ4n) is 3.12. The van der Waals surface area contributed by atoms with Crippen molar-refractivity contribution in [3.8, 4) is 0 Å². The number of rotatable bonds is 4. The zero-order chi connectivity index (χ0) is 13.7. The lowest BCUT2D eigenvalue weighted by atomic mass is 9.66. The highest BCUT2D eigenvalue weighted by Crippen LogP contribution is 2.42. The molecule has 104 valence electrons. The number of aliphatic hydroxyl groups excluding tert-OH is 1. The van der Waals surface area contributed by atoms with Crippen molar-refractivity contribution in [2.75, 3.05) is 6.61 Å². The molecule has 0 amide bonds. The molecular formula is C16H22O3. The number of benzene rings is 1. The Morgan fingerprint density at radius 2 is 1.89 bits per heavy atom. The van der Waals surface area contributed by atoms with Crippen LogP contribution >= 0.6 is 0 Å². The maximum absolute atomic E-state index is 11.9. The van der Waals surface area contributed by atoms with Gasteiger partial charge in [0.15, 0.2) is 6.10 Å². The summed E-state index contributed by atoms with van der Waals surface area (Å²) >= 11 is 0. The van der Waals surface area contributed by atoms with Crippen LogP contribution in [0.4, 0.5) is 0 Å². The normalized spacial score (nSPS) is 19.7. The maximum Gasteiger partial charge on any atom is 0.335 e. The van der Waals surface area contributed by atoms with E-state index in [9.17, 15) is 9.90 Å². The second kappa shape index (κ2) is 6.20. The molecule has 1 aromatic rings. The molecule has 1 unspecified atom stereocenters. The monoisotopic (exact) mass is 262 g/mol. The molecule has 2 rings (SSSR count). The minimum atomic E-state index is -1.06. The summed E-state index contributed by atoms with van der Waals surface area (Å²) in [5.74, 6) is -0.492. The summed E-state index contributed by atoms with van der Waals surface area (Å²) in [5.41, 5.74) is 0.585. The minimum Gasteiger partial charge on any atom is -0.464 e. The Labute approximate surface area is 114 Å². The van der Waals surface area contributed by atoms with Gasteiger partial charge in [-0.05, 0) is 25.3 Å². The van der Waals surface area contributed by atoms with Crippen LogP contribution in [0.25, 0.3) is 0 Å². The molecule has 19 heavy (non-hydrogen) atoms. The van der Waals surface area contributed by atoms with Gasteiger partial charge in [-0.1, -0.05) is 49.6 Å². The molecule has 3 nitrogen and oxygen atoms in total. The Hall–Kier alpha value is -1.35. The average Bonchev–Trinajstić information content (AvgIpc) is 2.48. The standard InChI is InChI=1S/C16H22O3/c1-2-19-15(18)14(17)16(11-7-4-8-12-16)13-9-5-3-6-10-13/h3,5-6,9-10,14,17H,2,4,7-8,11-12H2,1H3. The van der Waals surface area contributed by atoms with Crippen LogP contribution < -0.4 is 0 Å². The van der Waals surface area contributed by atoms with Gasteiger partial charge in [-0.25, -0.2) is 4.79 Å². The molecule has 1 atom stereocenters. The lowest BCUT2D eigenvalue weighted by molar-refractivity contribution is -0.158. The fraction of sp³-hybridized carbons (Fsp3) is 0.562. The van der Waals surface area contributed by atoms with Crippen molar-refractivity contribution in [1.82, 2.24) is 0 Å². The van der Waals surface area contributed by atoms with Gasteiger partial charge in [-0.2, -0.15) is 0 Å². The van der Waals surface area contributed by atoms with Gasteiger partial charge in [0.2, 0.25) is 0 Å². The van der Waals surface area contributed by atoms with E-state index in [0.717, 1.165) is 31.2 Å². The SMILES string of the molecule is CCOC(=O)C(O)C1(c2ccccc2)CCCCC1. The van der Waals surface area contributed by atoms with Crippen molar-refractivity contribution in [1.29, 1.82) is 0 Å². The van der Waals surface area contributed by atoms with Gasteiger partial charge in [-0.15, -0.1) is 0 Å². The molecule has 0 aromatic heterocycles. The quantitative estimate of drug-likeness (QED) is 0.849. The zero-order valence-corrected chi connectivity index (χ0v) is 11.5. The Bertz CT molecular complexity index is 407. The van der Waals surface area contributed by atoms with E-state index in [1.54, 1.807) is 6.92 Å². The van der Waals surface area contributed by atoms with Gasteiger partial charge >= 0.3 is 5.97 Å². The van der Waals surface area contributed by atoms with E-state index < -0.39 is 17.5 Å². The number of aliphatic hydroxyl groups is 1. The molecule has 1 aromatic carbocycles. The Balaban J connectivity index is 2.32. The molecule has 0 bridgehead atoms. The summed E-state index contributed by atoms with van der Waals surface area (Å²) in [7, 11) is 0. The highest BCUT2D eigenvalue weighted by atomic mass is 16.5. The first-order valence-electron chi connectivity index (χ1n) is 7.11. The van der Waals surface area contributed by atoms with E-state index in [1.165, 1.54) is 6.42 Å². The summed E-state index contributed by atoms with van der Waals surface area (Å²) in [4.78, 5) is 11.9. The molecule has 0 spiro atoms. The molecule has 1 fully saturated rings. The maximum atomic E-state index is 11.9. The first kappa shape index (κ1) is 14.1. The molecule has 1 aliphatic carbocycles. The van der Waals surface area contributed by atoms with Gasteiger partial charge in [0.25, 0.3) is 0 Å². The summed E-state index contributed by atoms with van der Waals surface area (Å²) in [5, 5.41) is 10.5. The van der Waals surface area contributed by atoms with Gasteiger partial charge in [0.1, 0.15) is 0 Å². The molecule has 0 saturated heterocycles. The van der Waals surface area contributed by atoms with E-state index in [-0.39, 0.29) is 0 Å². The van der Waals surface area contributed by atoms with E-state index in [1.807, 2.05) is 30.3 Å². The van der Waals surface area contributed by atoms with Crippen LogP contribution in [0.15, 0.2) is 30.3 Å². The van der Waals surface area contributed by atoms with E-state index in [2.05, 4.69) is 0 Å². The lowest BCUT2D eigenvalue weighted by Crippen LogP contribution is -2.46. The van der Waals surface area contributed by atoms with Crippen molar-refractivity contribution in [2.24, 2.45) is 0 Å². The third-order valence-electron chi connectivity index (χ3n) is 4.13. The molecule has 1 saturated carbocycles. The van der Waals surface area contributed by atoms with Gasteiger partial charge in [0, 0.05) is 5.41 Å². The molecule has 1 N–H and O–H groups in total. The molecule has 0 heterocycles. The predicted molar refractivity (Wildman–Crippen MR) is 73.8 cm³/mol. The van der Waals surface area contributed by atoms with E-state index in [0.29, 0.717) is 6.61 Å². The molecule has 3 heteroatoms. The number of carbonyl (C=O) groups is 1. The van der Waals surface area contributed by atoms with Crippen LogP contribution in [0.5, 0.6) is 0 Å².